The Balaban J connectivity index is 1.62. The van der Waals surface area contributed by atoms with Gasteiger partial charge in [0, 0.05) is 17.8 Å². The lowest BCUT2D eigenvalue weighted by atomic mass is 9.98. The molecule has 0 spiro atoms. The van der Waals surface area contributed by atoms with Crippen molar-refractivity contribution in [3.05, 3.63) is 95.2 Å². The van der Waals surface area contributed by atoms with Crippen molar-refractivity contribution in [2.45, 2.75) is 19.4 Å². The number of hydrogen-bond donors (Lipinski definition) is 0. The molecule has 2 heterocycles. The lowest BCUT2D eigenvalue weighted by Crippen LogP contribution is -2.36. The van der Waals surface area contributed by atoms with Crippen molar-refractivity contribution in [1.29, 1.82) is 0 Å². The molecule has 6 heteroatoms. The van der Waals surface area contributed by atoms with Crippen LogP contribution >= 0.6 is 0 Å². The number of carbonyl (C=O) groups excluding carboxylic acids is 2. The standard InChI is InChI=1S/C28H26N2O4/c1-33-21-15-13-19(14-16-21)18-30-27(31)25(22-10-4-6-12-24(22)34-2)26(28(30)32)29-17-7-9-20-8-3-5-11-23(20)29/h3-6,8,10-16H,7,9,17-18H2,1-2H3. The maximum absolute atomic E-state index is 13.9. The van der Waals surface area contributed by atoms with E-state index in [-0.39, 0.29) is 18.4 Å². The average Bonchev–Trinajstić information content (AvgIpc) is 3.13. The van der Waals surface area contributed by atoms with E-state index in [1.54, 1.807) is 14.2 Å². The van der Waals surface area contributed by atoms with Gasteiger partial charge in [-0.2, -0.15) is 0 Å². The van der Waals surface area contributed by atoms with Crippen LogP contribution in [0.5, 0.6) is 11.5 Å². The van der Waals surface area contributed by atoms with Gasteiger partial charge in [0.1, 0.15) is 17.2 Å². The molecule has 5 rings (SSSR count). The van der Waals surface area contributed by atoms with Crippen LogP contribution in [-0.4, -0.2) is 37.5 Å². The number of benzene rings is 3. The van der Waals surface area contributed by atoms with Crippen LogP contribution in [-0.2, 0) is 22.6 Å². The Kier molecular flexibility index (Phi) is 5.80. The summed E-state index contributed by atoms with van der Waals surface area (Å²) in [4.78, 5) is 31.0. The van der Waals surface area contributed by atoms with Gasteiger partial charge in [-0.3, -0.25) is 14.5 Å². The molecule has 0 atom stereocenters. The van der Waals surface area contributed by atoms with Crippen LogP contribution in [0.25, 0.3) is 5.57 Å². The van der Waals surface area contributed by atoms with Gasteiger partial charge < -0.3 is 14.4 Å². The SMILES string of the molecule is COc1ccc(CN2C(=O)C(c3ccccc3OC)=C(N3CCCc4ccccc43)C2=O)cc1. The van der Waals surface area contributed by atoms with Crippen LogP contribution in [0.4, 0.5) is 5.69 Å². The number of nitrogens with zero attached hydrogens (tertiary/aromatic N) is 2. The first-order valence-electron chi connectivity index (χ1n) is 11.3. The molecule has 3 aromatic carbocycles. The van der Waals surface area contributed by atoms with Gasteiger partial charge in [-0.25, -0.2) is 0 Å². The number of ether oxygens (including phenoxy) is 2. The van der Waals surface area contributed by atoms with Crippen molar-refractivity contribution >= 4 is 23.1 Å². The molecule has 0 bridgehead atoms. The van der Waals surface area contributed by atoms with E-state index in [0.29, 0.717) is 29.1 Å². The molecule has 0 aliphatic carbocycles. The van der Waals surface area contributed by atoms with Gasteiger partial charge >= 0.3 is 0 Å². The first-order valence-corrected chi connectivity index (χ1v) is 11.3. The number of para-hydroxylation sites is 2. The van der Waals surface area contributed by atoms with Gasteiger partial charge in [0.15, 0.2) is 0 Å². The van der Waals surface area contributed by atoms with E-state index in [2.05, 4.69) is 6.07 Å². The van der Waals surface area contributed by atoms with Crippen LogP contribution in [0.3, 0.4) is 0 Å². The van der Waals surface area contributed by atoms with Gasteiger partial charge in [-0.1, -0.05) is 48.5 Å². The summed E-state index contributed by atoms with van der Waals surface area (Å²) in [5.74, 6) is 0.677. The molecule has 6 nitrogen and oxygen atoms in total. The molecule has 0 radical (unpaired) electrons. The summed E-state index contributed by atoms with van der Waals surface area (Å²) < 4.78 is 10.8. The van der Waals surface area contributed by atoms with E-state index in [0.717, 1.165) is 29.8 Å². The van der Waals surface area contributed by atoms with Gasteiger partial charge in [0.05, 0.1) is 26.3 Å². The van der Waals surface area contributed by atoms with Crippen molar-refractivity contribution in [2.24, 2.45) is 0 Å². The first-order chi connectivity index (χ1) is 16.6. The number of aryl methyl sites for hydroxylation is 1. The summed E-state index contributed by atoms with van der Waals surface area (Å²) in [6, 6.07) is 22.9. The number of methoxy groups -OCH3 is 2. The Hall–Kier alpha value is -4.06. The fraction of sp³-hybridized carbons (Fsp3) is 0.214. The van der Waals surface area contributed by atoms with Crippen molar-refractivity contribution in [1.82, 2.24) is 4.90 Å². The normalized spacial score (nSPS) is 15.6. The number of rotatable bonds is 6. The highest BCUT2D eigenvalue weighted by Crippen LogP contribution is 2.40. The summed E-state index contributed by atoms with van der Waals surface area (Å²) in [5.41, 5.74) is 4.42. The third-order valence-corrected chi connectivity index (χ3v) is 6.40. The van der Waals surface area contributed by atoms with E-state index in [4.69, 9.17) is 9.47 Å². The van der Waals surface area contributed by atoms with Crippen LogP contribution in [0.2, 0.25) is 0 Å². The fourth-order valence-electron chi connectivity index (χ4n) is 4.73. The van der Waals surface area contributed by atoms with E-state index < -0.39 is 0 Å². The lowest BCUT2D eigenvalue weighted by molar-refractivity contribution is -0.137. The van der Waals surface area contributed by atoms with Crippen molar-refractivity contribution < 1.29 is 19.1 Å². The number of imide groups is 1. The molecule has 2 amide bonds. The van der Waals surface area contributed by atoms with Crippen LogP contribution in [0.1, 0.15) is 23.1 Å². The monoisotopic (exact) mass is 454 g/mol. The molecule has 0 saturated heterocycles. The second-order valence-electron chi connectivity index (χ2n) is 8.35. The van der Waals surface area contributed by atoms with Crippen molar-refractivity contribution in [3.63, 3.8) is 0 Å². The zero-order chi connectivity index (χ0) is 23.7. The highest BCUT2D eigenvalue weighted by molar-refractivity contribution is 6.37. The Morgan fingerprint density at radius 3 is 2.32 bits per heavy atom. The molecule has 34 heavy (non-hydrogen) atoms. The van der Waals surface area contributed by atoms with Gasteiger partial charge in [-0.15, -0.1) is 0 Å². The number of carbonyl (C=O) groups is 2. The molecular weight excluding hydrogens is 428 g/mol. The fourth-order valence-corrected chi connectivity index (χ4v) is 4.73. The molecule has 0 saturated carbocycles. The molecular formula is C28H26N2O4. The molecule has 0 fully saturated rings. The topological polar surface area (TPSA) is 59.1 Å². The van der Waals surface area contributed by atoms with Crippen molar-refractivity contribution in [3.8, 4) is 11.5 Å². The minimum absolute atomic E-state index is 0.180. The molecule has 3 aromatic rings. The smallest absolute Gasteiger partial charge is 0.278 e. The van der Waals surface area contributed by atoms with E-state index >= 15 is 0 Å². The second kappa shape index (κ2) is 9.06. The van der Waals surface area contributed by atoms with Crippen LogP contribution in [0.15, 0.2) is 78.5 Å². The van der Waals surface area contributed by atoms with E-state index in [9.17, 15) is 9.59 Å². The molecule has 0 unspecified atom stereocenters. The number of fused-ring (bicyclic) bond motifs is 1. The summed E-state index contributed by atoms with van der Waals surface area (Å²) in [5, 5.41) is 0. The van der Waals surface area contributed by atoms with Gasteiger partial charge in [-0.05, 0) is 48.2 Å². The Morgan fingerprint density at radius 2 is 1.56 bits per heavy atom. The molecule has 2 aliphatic rings. The second-order valence-corrected chi connectivity index (χ2v) is 8.35. The van der Waals surface area contributed by atoms with Crippen LogP contribution in [0, 0.1) is 0 Å². The molecule has 0 N–H and O–H groups in total. The number of anilines is 1. The summed E-state index contributed by atoms with van der Waals surface area (Å²) in [6.07, 6.45) is 1.85. The predicted molar refractivity (Wildman–Crippen MR) is 131 cm³/mol. The van der Waals surface area contributed by atoms with E-state index in [1.165, 1.54) is 10.5 Å². The molecule has 2 aliphatic heterocycles. The predicted octanol–water partition coefficient (Wildman–Crippen LogP) is 4.44. The highest BCUT2D eigenvalue weighted by atomic mass is 16.5. The van der Waals surface area contributed by atoms with Gasteiger partial charge in [0.25, 0.3) is 11.8 Å². The Labute approximate surface area is 199 Å². The number of hydrogen-bond acceptors (Lipinski definition) is 5. The molecule has 172 valence electrons. The third-order valence-electron chi connectivity index (χ3n) is 6.40. The number of amides is 2. The quantitative estimate of drug-likeness (QED) is 0.516. The summed E-state index contributed by atoms with van der Waals surface area (Å²) in [7, 11) is 3.18. The maximum atomic E-state index is 13.9. The highest BCUT2D eigenvalue weighted by Gasteiger charge is 2.43. The maximum Gasteiger partial charge on any atom is 0.278 e. The zero-order valence-electron chi connectivity index (χ0n) is 19.3. The van der Waals surface area contributed by atoms with Crippen LogP contribution < -0.4 is 14.4 Å². The van der Waals surface area contributed by atoms with E-state index in [1.807, 2.05) is 71.6 Å². The third kappa shape index (κ3) is 3.71. The summed E-state index contributed by atoms with van der Waals surface area (Å²) >= 11 is 0. The zero-order valence-corrected chi connectivity index (χ0v) is 19.3. The van der Waals surface area contributed by atoms with Crippen molar-refractivity contribution in [2.75, 3.05) is 25.7 Å². The minimum Gasteiger partial charge on any atom is -0.497 e. The Bertz CT molecular complexity index is 1280. The van der Waals surface area contributed by atoms with Gasteiger partial charge in [0.2, 0.25) is 0 Å². The molecule has 0 aromatic heterocycles. The largest absolute Gasteiger partial charge is 0.497 e. The minimum atomic E-state index is -0.316. The summed E-state index contributed by atoms with van der Waals surface area (Å²) in [6.45, 7) is 0.847. The average molecular weight is 455 g/mol. The Morgan fingerprint density at radius 1 is 0.824 bits per heavy atom. The first kappa shape index (κ1) is 21.8. The lowest BCUT2D eigenvalue weighted by Gasteiger charge is -2.32.